The highest BCUT2D eigenvalue weighted by Crippen LogP contribution is 2.33. The van der Waals surface area contributed by atoms with E-state index in [9.17, 15) is 14.3 Å². The van der Waals surface area contributed by atoms with Crippen molar-refractivity contribution in [1.29, 1.82) is 0 Å². The molecule has 1 atom stereocenters. The molecule has 0 saturated carbocycles. The smallest absolute Gasteiger partial charge is 0.407 e. The second-order valence-electron chi connectivity index (χ2n) is 8.63. The van der Waals surface area contributed by atoms with E-state index in [0.29, 0.717) is 47.6 Å². The molecule has 2 heterocycles. The highest BCUT2D eigenvalue weighted by Gasteiger charge is 2.28. The van der Waals surface area contributed by atoms with Crippen LogP contribution in [0.3, 0.4) is 0 Å². The lowest BCUT2D eigenvalue weighted by Gasteiger charge is -2.23. The fourth-order valence-electron chi connectivity index (χ4n) is 3.65. The molecule has 7 nitrogen and oxygen atoms in total. The van der Waals surface area contributed by atoms with Crippen LogP contribution in [0.25, 0.3) is 22.3 Å². The summed E-state index contributed by atoms with van der Waals surface area (Å²) >= 11 is 0. The van der Waals surface area contributed by atoms with Gasteiger partial charge in [-0.1, -0.05) is 12.1 Å². The topological polar surface area (TPSA) is 87.6 Å². The van der Waals surface area contributed by atoms with Gasteiger partial charge in [-0.05, 0) is 57.5 Å². The molecule has 31 heavy (non-hydrogen) atoms. The van der Waals surface area contributed by atoms with Gasteiger partial charge < -0.3 is 20.1 Å². The fourth-order valence-corrected chi connectivity index (χ4v) is 3.65. The minimum atomic E-state index is -0.574. The first kappa shape index (κ1) is 20.8. The molecule has 2 N–H and O–H groups in total. The van der Waals surface area contributed by atoms with E-state index in [1.165, 1.54) is 12.1 Å². The summed E-state index contributed by atoms with van der Waals surface area (Å²) in [7, 11) is 0. The van der Waals surface area contributed by atoms with E-state index in [2.05, 4.69) is 15.3 Å². The molecule has 2 aromatic carbocycles. The Morgan fingerprint density at radius 2 is 2.00 bits per heavy atom. The van der Waals surface area contributed by atoms with Crippen LogP contribution in [0, 0.1) is 5.82 Å². The van der Waals surface area contributed by atoms with Crippen molar-refractivity contribution in [3.8, 4) is 17.1 Å². The van der Waals surface area contributed by atoms with Crippen LogP contribution >= 0.6 is 0 Å². The maximum absolute atomic E-state index is 14.0. The van der Waals surface area contributed by atoms with E-state index in [4.69, 9.17) is 4.74 Å². The van der Waals surface area contributed by atoms with Crippen molar-refractivity contribution in [2.45, 2.75) is 38.8 Å². The zero-order valence-electron chi connectivity index (χ0n) is 17.7. The summed E-state index contributed by atoms with van der Waals surface area (Å²) < 4.78 is 19.4. The number of benzene rings is 2. The Balaban J connectivity index is 1.66. The largest absolute Gasteiger partial charge is 0.507 e. The van der Waals surface area contributed by atoms with Crippen LogP contribution in [-0.2, 0) is 4.74 Å². The SMILES string of the molecule is CC(C)(C)OC(=O)NC1CCN(c2nc(-c3ccccc3O)nc3ccc(F)cc23)C1. The number of aromatic hydroxyl groups is 1. The first-order chi connectivity index (χ1) is 14.7. The van der Waals surface area contributed by atoms with Crippen LogP contribution in [-0.4, -0.2) is 45.9 Å². The Morgan fingerprint density at radius 1 is 1.23 bits per heavy atom. The quantitative estimate of drug-likeness (QED) is 0.654. The summed E-state index contributed by atoms with van der Waals surface area (Å²) in [5, 5.41) is 13.7. The van der Waals surface area contributed by atoms with Gasteiger partial charge in [0.2, 0.25) is 0 Å². The number of halogens is 1. The van der Waals surface area contributed by atoms with Gasteiger partial charge in [-0.15, -0.1) is 0 Å². The number of amides is 1. The van der Waals surface area contributed by atoms with Gasteiger partial charge in [-0.2, -0.15) is 0 Å². The highest BCUT2D eigenvalue weighted by atomic mass is 19.1. The summed E-state index contributed by atoms with van der Waals surface area (Å²) in [5.74, 6) is 0.614. The van der Waals surface area contributed by atoms with Gasteiger partial charge in [0.05, 0.1) is 17.1 Å². The molecule has 1 amide bonds. The van der Waals surface area contributed by atoms with Crippen molar-refractivity contribution in [1.82, 2.24) is 15.3 Å². The molecular formula is C23H25FN4O3. The molecule has 1 aromatic heterocycles. The standard InChI is InChI=1S/C23H25FN4O3/c1-23(2,3)31-22(30)25-15-10-11-28(13-15)21-17-12-14(24)8-9-18(17)26-20(27-21)16-6-4-5-7-19(16)29/h4-9,12,15,29H,10-11,13H2,1-3H3,(H,25,30). The zero-order chi connectivity index (χ0) is 22.2. The van der Waals surface area contributed by atoms with Crippen LogP contribution in [0.2, 0.25) is 0 Å². The van der Waals surface area contributed by atoms with Gasteiger partial charge in [0, 0.05) is 18.5 Å². The molecule has 0 spiro atoms. The molecule has 0 aliphatic carbocycles. The lowest BCUT2D eigenvalue weighted by molar-refractivity contribution is 0.0509. The van der Waals surface area contributed by atoms with Crippen molar-refractivity contribution in [3.63, 3.8) is 0 Å². The number of anilines is 1. The molecular weight excluding hydrogens is 399 g/mol. The summed E-state index contributed by atoms with van der Waals surface area (Å²) in [4.78, 5) is 23.3. The molecule has 1 aliphatic heterocycles. The van der Waals surface area contributed by atoms with E-state index in [1.807, 2.05) is 25.7 Å². The van der Waals surface area contributed by atoms with Crippen LogP contribution in [0.15, 0.2) is 42.5 Å². The van der Waals surface area contributed by atoms with E-state index < -0.39 is 11.7 Å². The maximum atomic E-state index is 14.0. The fraction of sp³-hybridized carbons (Fsp3) is 0.348. The number of ether oxygens (including phenoxy) is 1. The van der Waals surface area contributed by atoms with E-state index in [1.54, 1.807) is 30.3 Å². The van der Waals surface area contributed by atoms with Crippen LogP contribution in [0.4, 0.5) is 15.0 Å². The van der Waals surface area contributed by atoms with Gasteiger partial charge >= 0.3 is 6.09 Å². The Labute approximate surface area is 179 Å². The lowest BCUT2D eigenvalue weighted by atomic mass is 10.1. The van der Waals surface area contributed by atoms with Crippen molar-refractivity contribution >= 4 is 22.8 Å². The normalized spacial score (nSPS) is 16.5. The number of hydrogen-bond donors (Lipinski definition) is 2. The Hall–Kier alpha value is -3.42. The number of carbonyl (C=O) groups is 1. The van der Waals surface area contributed by atoms with Crippen molar-refractivity contribution in [2.24, 2.45) is 0 Å². The molecule has 1 aliphatic rings. The van der Waals surface area contributed by atoms with Gasteiger partial charge in [0.15, 0.2) is 5.82 Å². The number of rotatable bonds is 3. The average Bonchev–Trinajstić information content (AvgIpc) is 3.14. The number of hydrogen-bond acceptors (Lipinski definition) is 6. The van der Waals surface area contributed by atoms with E-state index >= 15 is 0 Å². The molecule has 0 bridgehead atoms. The molecule has 4 rings (SSSR count). The van der Waals surface area contributed by atoms with Gasteiger partial charge in [-0.3, -0.25) is 0 Å². The molecule has 0 radical (unpaired) electrons. The Bertz CT molecular complexity index is 1130. The Morgan fingerprint density at radius 3 is 2.74 bits per heavy atom. The number of nitrogens with one attached hydrogen (secondary N) is 1. The third-order valence-electron chi connectivity index (χ3n) is 4.99. The van der Waals surface area contributed by atoms with Gasteiger partial charge in [0.25, 0.3) is 0 Å². The zero-order valence-corrected chi connectivity index (χ0v) is 17.7. The number of phenolic OH excluding ortho intramolecular Hbond substituents is 1. The third kappa shape index (κ3) is 4.68. The minimum Gasteiger partial charge on any atom is -0.507 e. The molecule has 1 unspecified atom stereocenters. The third-order valence-corrected chi connectivity index (χ3v) is 4.99. The number of nitrogens with zero attached hydrogens (tertiary/aromatic N) is 3. The van der Waals surface area contributed by atoms with Crippen LogP contribution in [0.1, 0.15) is 27.2 Å². The van der Waals surface area contributed by atoms with Gasteiger partial charge in [0.1, 0.15) is 23.0 Å². The maximum Gasteiger partial charge on any atom is 0.407 e. The first-order valence-electron chi connectivity index (χ1n) is 10.2. The number of aromatic nitrogens is 2. The summed E-state index contributed by atoms with van der Waals surface area (Å²) in [6, 6.07) is 11.1. The van der Waals surface area contributed by atoms with Crippen LogP contribution < -0.4 is 10.2 Å². The Kier molecular flexibility index (Phi) is 5.39. The summed E-state index contributed by atoms with van der Waals surface area (Å²) in [6.45, 7) is 6.58. The monoisotopic (exact) mass is 424 g/mol. The van der Waals surface area contributed by atoms with Crippen molar-refractivity contribution in [3.05, 3.63) is 48.3 Å². The number of carbonyl (C=O) groups excluding carboxylic acids is 1. The van der Waals surface area contributed by atoms with E-state index in [0.717, 1.165) is 0 Å². The molecule has 3 aromatic rings. The predicted octanol–water partition coefficient (Wildman–Crippen LogP) is 4.24. The molecule has 1 fully saturated rings. The first-order valence-corrected chi connectivity index (χ1v) is 10.2. The number of alkyl carbamates (subject to hydrolysis) is 1. The highest BCUT2D eigenvalue weighted by molar-refractivity contribution is 5.91. The van der Waals surface area contributed by atoms with E-state index in [-0.39, 0.29) is 17.6 Å². The number of phenols is 1. The molecule has 162 valence electrons. The molecule has 1 saturated heterocycles. The molecule has 8 heteroatoms. The second-order valence-corrected chi connectivity index (χ2v) is 8.63. The average molecular weight is 424 g/mol. The second kappa shape index (κ2) is 8.02. The number of fused-ring (bicyclic) bond motifs is 1. The minimum absolute atomic E-state index is 0.0702. The van der Waals surface area contributed by atoms with Crippen LogP contribution in [0.5, 0.6) is 5.75 Å². The van der Waals surface area contributed by atoms with Crippen molar-refractivity contribution in [2.75, 3.05) is 18.0 Å². The van der Waals surface area contributed by atoms with Crippen molar-refractivity contribution < 1.29 is 19.0 Å². The van der Waals surface area contributed by atoms with Gasteiger partial charge in [-0.25, -0.2) is 19.2 Å². The number of para-hydroxylation sites is 1. The summed E-state index contributed by atoms with van der Waals surface area (Å²) in [5.41, 5.74) is 0.501. The predicted molar refractivity (Wildman–Crippen MR) is 117 cm³/mol. The summed E-state index contributed by atoms with van der Waals surface area (Å²) in [6.07, 6.45) is 0.235. The lowest BCUT2D eigenvalue weighted by Crippen LogP contribution is -2.40.